The van der Waals surface area contributed by atoms with E-state index in [2.05, 4.69) is 138 Å². The molecule has 0 saturated heterocycles. The minimum absolute atomic E-state index is 0.104. The highest BCUT2D eigenvalue weighted by atomic mass is 19.4. The zero-order valence-electron chi connectivity index (χ0n) is 64.3. The summed E-state index contributed by atoms with van der Waals surface area (Å²) in [6, 6.07) is 0. The summed E-state index contributed by atoms with van der Waals surface area (Å²) in [5, 5.41) is 0. The highest BCUT2D eigenvalue weighted by Crippen LogP contribution is 2.49. The van der Waals surface area contributed by atoms with Crippen LogP contribution >= 0.6 is 0 Å². The summed E-state index contributed by atoms with van der Waals surface area (Å²) in [5.74, 6) is -0.640. The molecule has 0 saturated carbocycles. The molecule has 0 aromatic heterocycles. The van der Waals surface area contributed by atoms with Gasteiger partial charge < -0.3 is 0 Å². The van der Waals surface area contributed by atoms with Gasteiger partial charge in [-0.05, 0) is 80.0 Å². The van der Waals surface area contributed by atoms with Crippen molar-refractivity contribution in [2.45, 2.75) is 392 Å². The molecule has 0 aliphatic heterocycles. The third-order valence-corrected chi connectivity index (χ3v) is 13.8. The van der Waals surface area contributed by atoms with Crippen LogP contribution < -0.4 is 0 Å². The second-order valence-corrected chi connectivity index (χ2v) is 28.7. The molecule has 588 valence electrons. The first-order valence-corrected chi connectivity index (χ1v) is 33.7. The van der Waals surface area contributed by atoms with Crippen LogP contribution in [0.3, 0.4) is 0 Å². The molecule has 0 aromatic carbocycles. The molecule has 0 aliphatic carbocycles. The van der Waals surface area contributed by atoms with Gasteiger partial charge in [-0.25, -0.2) is 0 Å². The lowest BCUT2D eigenvalue weighted by Crippen LogP contribution is -2.44. The summed E-state index contributed by atoms with van der Waals surface area (Å²) in [5.41, 5.74) is -4.10. The Balaban J connectivity index is -0.0000000787. The van der Waals surface area contributed by atoms with E-state index in [-0.39, 0.29) is 45.4 Å². The number of hydrogen-bond acceptors (Lipinski definition) is 0. The van der Waals surface area contributed by atoms with Crippen molar-refractivity contribution in [1.29, 1.82) is 0 Å². The molecule has 0 amide bonds. The second kappa shape index (κ2) is 60.1. The van der Waals surface area contributed by atoms with Gasteiger partial charge in [-0.2, -0.15) is 105 Å². The van der Waals surface area contributed by atoms with Gasteiger partial charge in [-0.3, -0.25) is 0 Å². The van der Waals surface area contributed by atoms with Gasteiger partial charge in [-0.1, -0.05) is 291 Å². The largest absolute Gasteiger partial charge is 0.402 e. The van der Waals surface area contributed by atoms with Gasteiger partial charge in [0.1, 0.15) is 0 Å². The molecule has 0 aromatic rings. The fourth-order valence-electron chi connectivity index (χ4n) is 3.76. The third-order valence-electron chi connectivity index (χ3n) is 13.8. The summed E-state index contributed by atoms with van der Waals surface area (Å²) >= 11 is 0. The maximum atomic E-state index is 11.7. The Kier molecular flexibility index (Phi) is 76.3. The smallest absolute Gasteiger partial charge is 0.171 e. The van der Waals surface area contributed by atoms with Crippen molar-refractivity contribution in [3.05, 3.63) is 0 Å². The van der Waals surface area contributed by atoms with Crippen molar-refractivity contribution in [1.82, 2.24) is 0 Å². The minimum atomic E-state index is -5.24. The first-order chi connectivity index (χ1) is 41.2. The fraction of sp³-hybridized carbons (Fsp3) is 1.00. The van der Waals surface area contributed by atoms with Crippen LogP contribution in [0.25, 0.3) is 0 Å². The van der Waals surface area contributed by atoms with Crippen LogP contribution in [0, 0.1) is 63.1 Å². The average molecular weight is 1440 g/mol. The number of hydrogen-bond donors (Lipinski definition) is 0. The monoisotopic (exact) mass is 1440 g/mol. The van der Waals surface area contributed by atoms with Gasteiger partial charge in [0.05, 0.1) is 11.3 Å². The molecule has 1 atom stereocenters. The Morgan fingerprint density at radius 1 is 0.277 bits per heavy atom. The van der Waals surface area contributed by atoms with E-state index in [0.717, 1.165) is 57.3 Å². The Morgan fingerprint density at radius 2 is 0.532 bits per heavy atom. The van der Waals surface area contributed by atoms with Crippen molar-refractivity contribution < 1.29 is 105 Å². The van der Waals surface area contributed by atoms with E-state index in [0.29, 0.717) is 17.3 Å². The summed E-state index contributed by atoms with van der Waals surface area (Å²) in [4.78, 5) is 0. The summed E-state index contributed by atoms with van der Waals surface area (Å²) in [6.07, 6.45) is -22.4. The molecule has 0 rings (SSSR count). The van der Waals surface area contributed by atoms with E-state index in [4.69, 9.17) is 0 Å². The molecule has 0 N–H and O–H groups in total. The van der Waals surface area contributed by atoms with Crippen LogP contribution in [0.2, 0.25) is 0 Å². The van der Waals surface area contributed by atoms with Crippen molar-refractivity contribution in [3.8, 4) is 0 Å². The second-order valence-electron chi connectivity index (χ2n) is 28.7. The van der Waals surface area contributed by atoms with E-state index in [1.54, 1.807) is 13.8 Å². The van der Waals surface area contributed by atoms with E-state index in [1.165, 1.54) is 85.0 Å². The van der Waals surface area contributed by atoms with Crippen LogP contribution in [-0.2, 0) is 0 Å². The standard InChI is InChI=1S/C7H13F3.C6H8F6.C6H11F3.6C6H14.C5H6F6.2C5H9F3/c1-2-3-4-5-6-7(8,9)10;1-2-3-4(5(7,8)9)6(10,11)12;1-5(2)3-4-6(7,8)9;2*1-5-6(2,3)4;1-5(2)6(3)4;1-4-5-6(2)3;1-4-6(3)5-2;1-3-5-6-4-2;1-3(2,4(6,7)8)5(9,10)11;1-4(2,3)5(6,7)8;1-3-4(2)5(6,7)8/h2-6H2,1H3;4H,2-3H2,1H3;5H,3-4H2,1-2H3;2*5H2,1-4H3;5-6H,1-4H3;2*6H,4-5H2,1-3H3;3-6H2,1-2H3;1-2H3;1-3H3;4H,3H2,1-2H3. The molecule has 24 heteroatoms. The molecule has 0 radical (unpaired) electrons. The van der Waals surface area contributed by atoms with E-state index < -0.39 is 91.3 Å². The molecule has 1 unspecified atom stereocenters. The van der Waals surface area contributed by atoms with E-state index in [1.807, 2.05) is 6.92 Å². The molecule has 0 aliphatic rings. The van der Waals surface area contributed by atoms with Crippen molar-refractivity contribution >= 4 is 0 Å². The Morgan fingerprint density at radius 3 is 0.606 bits per heavy atom. The average Bonchev–Trinajstić information content (AvgIpc) is 0.806. The molecule has 0 spiro atoms. The van der Waals surface area contributed by atoms with Crippen LogP contribution in [-0.4, -0.2) is 49.4 Å². The van der Waals surface area contributed by atoms with Crippen LogP contribution in [0.1, 0.15) is 343 Å². The van der Waals surface area contributed by atoms with Gasteiger partial charge >= 0.3 is 49.4 Å². The quantitative estimate of drug-likeness (QED) is 0.101. The highest BCUT2D eigenvalue weighted by Gasteiger charge is 2.64. The molecule has 0 bridgehead atoms. The molecule has 0 nitrogen and oxygen atoms in total. The Bertz CT molecular complexity index is 1430. The van der Waals surface area contributed by atoms with Gasteiger partial charge in [0.2, 0.25) is 0 Å². The minimum Gasteiger partial charge on any atom is -0.171 e. The summed E-state index contributed by atoms with van der Waals surface area (Å²) in [6.45, 7) is 58.0. The third kappa shape index (κ3) is 109. The van der Waals surface area contributed by atoms with Gasteiger partial charge in [-0.15, -0.1) is 0 Å². The first kappa shape index (κ1) is 119. The van der Waals surface area contributed by atoms with Crippen molar-refractivity contribution in [2.24, 2.45) is 63.1 Å². The Labute approximate surface area is 559 Å². The van der Waals surface area contributed by atoms with Crippen LogP contribution in [0.4, 0.5) is 105 Å². The zero-order valence-corrected chi connectivity index (χ0v) is 64.3. The lowest BCUT2D eigenvalue weighted by atomic mass is 9.92. The molecule has 0 heterocycles. The Hall–Kier alpha value is -1.68. The number of halogens is 24. The molecule has 0 fully saturated rings. The maximum Gasteiger partial charge on any atom is 0.402 e. The lowest BCUT2D eigenvalue weighted by Gasteiger charge is -2.29. The van der Waals surface area contributed by atoms with E-state index >= 15 is 0 Å². The van der Waals surface area contributed by atoms with Crippen molar-refractivity contribution in [3.63, 3.8) is 0 Å². The maximum absolute atomic E-state index is 11.7. The number of rotatable bonds is 17. The van der Waals surface area contributed by atoms with Crippen molar-refractivity contribution in [2.75, 3.05) is 0 Å². The summed E-state index contributed by atoms with van der Waals surface area (Å²) in [7, 11) is 0. The van der Waals surface area contributed by atoms with Crippen LogP contribution in [0.5, 0.6) is 0 Å². The van der Waals surface area contributed by atoms with Gasteiger partial charge in [0.15, 0.2) is 11.3 Å². The fourth-order valence-corrected chi connectivity index (χ4v) is 3.76. The summed E-state index contributed by atoms with van der Waals surface area (Å²) < 4.78 is 277. The number of unbranched alkanes of at least 4 members (excludes halogenated alkanes) is 6. The zero-order chi connectivity index (χ0) is 79.2. The molecular formula is C70H140F24. The van der Waals surface area contributed by atoms with E-state index in [9.17, 15) is 105 Å². The molecular weight excluding hydrogens is 1300 g/mol. The molecule has 94 heavy (non-hydrogen) atoms. The van der Waals surface area contributed by atoms with Gasteiger partial charge in [0.25, 0.3) is 0 Å². The normalized spacial score (nSPS) is 12.7. The number of alkyl halides is 24. The predicted molar refractivity (Wildman–Crippen MR) is 351 cm³/mol. The predicted octanol–water partition coefficient (Wildman–Crippen LogP) is 33.0. The topological polar surface area (TPSA) is 0 Å². The highest BCUT2D eigenvalue weighted by molar-refractivity contribution is 4.84. The van der Waals surface area contributed by atoms with Gasteiger partial charge in [0, 0.05) is 12.8 Å². The lowest BCUT2D eigenvalue weighted by molar-refractivity contribution is -0.327. The van der Waals surface area contributed by atoms with Crippen LogP contribution in [0.15, 0.2) is 0 Å². The SMILES string of the molecule is CC(C)(C(F)(F)F)C(F)(F)F.CC(C)(C)C(F)(F)F.CC(C)C(C)C.CC(C)CCC(F)(F)F.CCC(C)(C)C.CCC(C)(C)C.CCC(C)C(F)(F)F.CCC(C)CC.CCCC(C(F)(F)F)C(F)(F)F.CCCC(C)C.CCCCCC.CCCCCCC(F)(F)F. The first-order valence-electron chi connectivity index (χ1n) is 33.7.